The van der Waals surface area contributed by atoms with E-state index in [0.717, 1.165) is 25.0 Å². The zero-order valence-electron chi connectivity index (χ0n) is 13.0. The van der Waals surface area contributed by atoms with E-state index in [9.17, 15) is 5.11 Å². The molecular weight excluding hydrogens is 262 g/mol. The summed E-state index contributed by atoms with van der Waals surface area (Å²) in [7, 11) is 1.75. The molecule has 0 aromatic carbocycles. The van der Waals surface area contributed by atoms with Gasteiger partial charge in [0.15, 0.2) is 0 Å². The van der Waals surface area contributed by atoms with E-state index in [-0.39, 0.29) is 12.0 Å². The SMILES string of the molecule is COC(C1CCCCC1)C(O)C1CCCc2cccnc21. The summed E-state index contributed by atoms with van der Waals surface area (Å²) >= 11 is 0. The number of fused-ring (bicyclic) bond motifs is 1. The lowest BCUT2D eigenvalue weighted by Gasteiger charge is -2.37. The minimum Gasteiger partial charge on any atom is -0.390 e. The average molecular weight is 289 g/mol. The Morgan fingerprint density at radius 2 is 2.00 bits per heavy atom. The van der Waals surface area contributed by atoms with Crippen LogP contribution < -0.4 is 0 Å². The molecule has 1 saturated carbocycles. The second-order valence-corrected chi connectivity index (χ2v) is 6.64. The van der Waals surface area contributed by atoms with E-state index in [2.05, 4.69) is 11.1 Å². The molecule has 21 heavy (non-hydrogen) atoms. The van der Waals surface area contributed by atoms with Crippen LogP contribution in [0.15, 0.2) is 18.3 Å². The molecule has 2 aliphatic rings. The van der Waals surface area contributed by atoms with Crippen LogP contribution in [-0.4, -0.2) is 29.4 Å². The van der Waals surface area contributed by atoms with E-state index in [1.165, 1.54) is 37.7 Å². The number of hydrogen-bond donors (Lipinski definition) is 1. The molecule has 0 radical (unpaired) electrons. The van der Waals surface area contributed by atoms with Gasteiger partial charge in [0.1, 0.15) is 0 Å². The number of rotatable bonds is 4. The number of methoxy groups -OCH3 is 1. The summed E-state index contributed by atoms with van der Waals surface area (Å²) in [5.41, 5.74) is 2.42. The number of hydrogen-bond acceptors (Lipinski definition) is 3. The van der Waals surface area contributed by atoms with Crippen molar-refractivity contribution < 1.29 is 9.84 Å². The molecule has 116 valence electrons. The van der Waals surface area contributed by atoms with Gasteiger partial charge in [0.25, 0.3) is 0 Å². The van der Waals surface area contributed by atoms with E-state index >= 15 is 0 Å². The summed E-state index contributed by atoms with van der Waals surface area (Å²) in [5, 5.41) is 11.0. The molecule has 0 spiro atoms. The van der Waals surface area contributed by atoms with Crippen molar-refractivity contribution in [1.29, 1.82) is 0 Å². The Bertz CT molecular complexity index is 456. The normalized spacial score (nSPS) is 26.1. The van der Waals surface area contributed by atoms with Crippen LogP contribution in [0.3, 0.4) is 0 Å². The molecule has 0 bridgehead atoms. The van der Waals surface area contributed by atoms with Crippen LogP contribution in [0.2, 0.25) is 0 Å². The van der Waals surface area contributed by atoms with Crippen molar-refractivity contribution in [3.63, 3.8) is 0 Å². The van der Waals surface area contributed by atoms with Crippen molar-refractivity contribution in [3.8, 4) is 0 Å². The van der Waals surface area contributed by atoms with Gasteiger partial charge in [-0.25, -0.2) is 0 Å². The van der Waals surface area contributed by atoms with E-state index in [4.69, 9.17) is 4.74 Å². The van der Waals surface area contributed by atoms with Crippen LogP contribution in [0, 0.1) is 5.92 Å². The highest BCUT2D eigenvalue weighted by Crippen LogP contribution is 2.38. The van der Waals surface area contributed by atoms with Crippen LogP contribution in [0.25, 0.3) is 0 Å². The van der Waals surface area contributed by atoms with Gasteiger partial charge in [0, 0.05) is 24.9 Å². The lowest BCUT2D eigenvalue weighted by Crippen LogP contribution is -2.41. The van der Waals surface area contributed by atoms with Crippen molar-refractivity contribution in [3.05, 3.63) is 29.6 Å². The highest BCUT2D eigenvalue weighted by atomic mass is 16.5. The molecule has 0 aliphatic heterocycles. The van der Waals surface area contributed by atoms with Crippen molar-refractivity contribution in [2.45, 2.75) is 69.5 Å². The van der Waals surface area contributed by atoms with Crippen LogP contribution >= 0.6 is 0 Å². The van der Waals surface area contributed by atoms with E-state index < -0.39 is 6.10 Å². The zero-order valence-corrected chi connectivity index (χ0v) is 13.0. The number of aliphatic hydroxyl groups excluding tert-OH is 1. The average Bonchev–Trinajstić information content (AvgIpc) is 2.56. The predicted molar refractivity (Wildman–Crippen MR) is 83.3 cm³/mol. The molecule has 1 N–H and O–H groups in total. The summed E-state index contributed by atoms with van der Waals surface area (Å²) in [6.07, 6.45) is 10.9. The molecule has 0 amide bonds. The largest absolute Gasteiger partial charge is 0.390 e. The second-order valence-electron chi connectivity index (χ2n) is 6.64. The molecule has 3 nitrogen and oxygen atoms in total. The van der Waals surface area contributed by atoms with Gasteiger partial charge in [0.05, 0.1) is 12.2 Å². The molecule has 2 aliphatic carbocycles. The molecule has 0 saturated heterocycles. The Labute approximate surface area is 127 Å². The number of aromatic nitrogens is 1. The maximum Gasteiger partial charge on any atom is 0.0887 e. The van der Waals surface area contributed by atoms with Crippen LogP contribution in [-0.2, 0) is 11.2 Å². The van der Waals surface area contributed by atoms with E-state index in [1.807, 2.05) is 12.3 Å². The second kappa shape index (κ2) is 6.89. The van der Waals surface area contributed by atoms with Crippen molar-refractivity contribution in [2.75, 3.05) is 7.11 Å². The first-order valence-electron chi connectivity index (χ1n) is 8.46. The van der Waals surface area contributed by atoms with Crippen LogP contribution in [0.5, 0.6) is 0 Å². The molecular formula is C18H27NO2. The number of pyridine rings is 1. The number of ether oxygens (including phenoxy) is 1. The molecule has 3 rings (SSSR count). The van der Waals surface area contributed by atoms with E-state index in [0.29, 0.717) is 5.92 Å². The van der Waals surface area contributed by atoms with Gasteiger partial charge in [-0.15, -0.1) is 0 Å². The third kappa shape index (κ3) is 3.14. The van der Waals surface area contributed by atoms with E-state index in [1.54, 1.807) is 7.11 Å². The predicted octanol–water partition coefficient (Wildman–Crippen LogP) is 3.46. The topological polar surface area (TPSA) is 42.4 Å². The fourth-order valence-corrected chi connectivity index (χ4v) is 4.28. The monoisotopic (exact) mass is 289 g/mol. The van der Waals surface area contributed by atoms with Crippen molar-refractivity contribution >= 4 is 0 Å². The van der Waals surface area contributed by atoms with Gasteiger partial charge in [-0.2, -0.15) is 0 Å². The molecule has 1 heterocycles. The summed E-state index contributed by atoms with van der Waals surface area (Å²) < 4.78 is 5.74. The number of aliphatic hydroxyl groups is 1. The Hall–Kier alpha value is -0.930. The molecule has 3 atom stereocenters. The lowest BCUT2D eigenvalue weighted by atomic mass is 9.76. The summed E-state index contributed by atoms with van der Waals surface area (Å²) in [6, 6.07) is 4.16. The molecule has 3 unspecified atom stereocenters. The number of aryl methyl sites for hydroxylation is 1. The molecule has 1 aromatic heterocycles. The maximum atomic E-state index is 11.0. The van der Waals surface area contributed by atoms with Crippen LogP contribution in [0.4, 0.5) is 0 Å². The minimum atomic E-state index is -0.424. The van der Waals surface area contributed by atoms with Gasteiger partial charge in [-0.3, -0.25) is 4.98 Å². The highest BCUT2D eigenvalue weighted by molar-refractivity contribution is 5.27. The van der Waals surface area contributed by atoms with Crippen molar-refractivity contribution in [1.82, 2.24) is 4.98 Å². The quantitative estimate of drug-likeness (QED) is 0.923. The van der Waals surface area contributed by atoms with Crippen LogP contribution in [0.1, 0.15) is 62.1 Å². The van der Waals surface area contributed by atoms with Gasteiger partial charge in [-0.05, 0) is 49.7 Å². The first-order chi connectivity index (χ1) is 10.3. The van der Waals surface area contributed by atoms with Gasteiger partial charge in [-0.1, -0.05) is 25.3 Å². The fourth-order valence-electron chi connectivity index (χ4n) is 4.28. The first-order valence-corrected chi connectivity index (χ1v) is 8.46. The van der Waals surface area contributed by atoms with Gasteiger partial charge < -0.3 is 9.84 Å². The van der Waals surface area contributed by atoms with Gasteiger partial charge in [0.2, 0.25) is 0 Å². The standard InChI is InChI=1S/C18H27NO2/c1-21-18(14-7-3-2-4-8-14)17(20)15-11-5-9-13-10-6-12-19-16(13)15/h6,10,12,14-15,17-18,20H,2-5,7-9,11H2,1H3. The molecule has 1 aromatic rings. The lowest BCUT2D eigenvalue weighted by molar-refractivity contribution is -0.0673. The molecule has 1 fully saturated rings. The Kier molecular flexibility index (Phi) is 4.91. The summed E-state index contributed by atoms with van der Waals surface area (Å²) in [6.45, 7) is 0. The maximum absolute atomic E-state index is 11.0. The third-order valence-corrected chi connectivity index (χ3v) is 5.37. The Morgan fingerprint density at radius 1 is 1.19 bits per heavy atom. The van der Waals surface area contributed by atoms with Crippen molar-refractivity contribution in [2.24, 2.45) is 5.92 Å². The zero-order chi connectivity index (χ0) is 14.7. The highest BCUT2D eigenvalue weighted by Gasteiger charge is 2.37. The smallest absolute Gasteiger partial charge is 0.0887 e. The Balaban J connectivity index is 1.78. The fraction of sp³-hybridized carbons (Fsp3) is 0.722. The summed E-state index contributed by atoms with van der Waals surface area (Å²) in [4.78, 5) is 4.57. The Morgan fingerprint density at radius 3 is 2.76 bits per heavy atom. The molecule has 3 heteroatoms. The minimum absolute atomic E-state index is 0.0387. The third-order valence-electron chi connectivity index (χ3n) is 5.37. The first kappa shape index (κ1) is 15.0. The summed E-state index contributed by atoms with van der Waals surface area (Å²) in [5.74, 6) is 0.648. The van der Waals surface area contributed by atoms with Gasteiger partial charge >= 0.3 is 0 Å². The number of nitrogens with zero attached hydrogens (tertiary/aromatic N) is 1.